The molecule has 0 amide bonds. The predicted octanol–water partition coefficient (Wildman–Crippen LogP) is 3.79. The second-order valence-corrected chi connectivity index (χ2v) is 4.57. The number of alkyl halides is 3. The smallest absolute Gasteiger partial charge is 0.250 e. The van der Waals surface area contributed by atoms with Crippen molar-refractivity contribution in [2.24, 2.45) is 7.05 Å². The van der Waals surface area contributed by atoms with Crippen molar-refractivity contribution >= 4 is 11.0 Å². The van der Waals surface area contributed by atoms with Gasteiger partial charge in [-0.25, -0.2) is 9.37 Å². The molecule has 0 saturated heterocycles. The highest BCUT2D eigenvalue weighted by Crippen LogP contribution is 2.36. The van der Waals surface area contributed by atoms with Crippen molar-refractivity contribution < 1.29 is 17.6 Å². The van der Waals surface area contributed by atoms with Crippen LogP contribution in [0.3, 0.4) is 0 Å². The van der Waals surface area contributed by atoms with Gasteiger partial charge in [0.2, 0.25) is 0 Å². The van der Waals surface area contributed by atoms with Crippen molar-refractivity contribution in [2.75, 3.05) is 0 Å². The fraction of sp³-hybridized carbons (Fsp3) is 0.143. The monoisotopic (exact) mass is 295 g/mol. The van der Waals surface area contributed by atoms with Gasteiger partial charge in [0.05, 0.1) is 22.8 Å². The molecule has 0 fully saturated rings. The van der Waals surface area contributed by atoms with Gasteiger partial charge in [0.1, 0.15) is 5.82 Å². The first kappa shape index (κ1) is 13.5. The minimum Gasteiger partial charge on any atom is -0.250 e. The Morgan fingerprint density at radius 3 is 2.38 bits per heavy atom. The summed E-state index contributed by atoms with van der Waals surface area (Å²) >= 11 is 0. The summed E-state index contributed by atoms with van der Waals surface area (Å²) < 4.78 is 53.7. The molecular formula is C14H9F4N3. The van der Waals surface area contributed by atoms with Gasteiger partial charge in [-0.05, 0) is 30.3 Å². The van der Waals surface area contributed by atoms with E-state index in [1.54, 1.807) is 0 Å². The first-order valence-electron chi connectivity index (χ1n) is 6.02. The Morgan fingerprint density at radius 1 is 1.10 bits per heavy atom. The van der Waals surface area contributed by atoms with E-state index in [1.807, 2.05) is 0 Å². The van der Waals surface area contributed by atoms with Crippen molar-refractivity contribution in [2.45, 2.75) is 6.18 Å². The van der Waals surface area contributed by atoms with Crippen LogP contribution in [0, 0.1) is 5.82 Å². The SMILES string of the molecule is Cn1ncc2c(C(F)(F)F)cc(-c3ccc(F)cc3)nc21. The van der Waals surface area contributed by atoms with Crippen molar-refractivity contribution in [3.05, 3.63) is 47.9 Å². The number of aryl methyl sites for hydroxylation is 1. The lowest BCUT2D eigenvalue weighted by atomic mass is 10.1. The summed E-state index contributed by atoms with van der Waals surface area (Å²) in [5, 5.41) is 3.75. The zero-order chi connectivity index (χ0) is 15.2. The van der Waals surface area contributed by atoms with Crippen LogP contribution in [0.25, 0.3) is 22.3 Å². The molecule has 7 heteroatoms. The largest absolute Gasteiger partial charge is 0.417 e. The Hall–Kier alpha value is -2.44. The number of aromatic nitrogens is 3. The van der Waals surface area contributed by atoms with Crippen LogP contribution in [-0.4, -0.2) is 14.8 Å². The van der Waals surface area contributed by atoms with E-state index in [9.17, 15) is 17.6 Å². The lowest BCUT2D eigenvalue weighted by Crippen LogP contribution is -2.07. The molecule has 0 bridgehead atoms. The lowest BCUT2D eigenvalue weighted by Gasteiger charge is -2.10. The summed E-state index contributed by atoms with van der Waals surface area (Å²) in [5.41, 5.74) is -0.146. The summed E-state index contributed by atoms with van der Waals surface area (Å²) in [5.74, 6) is -0.462. The number of fused-ring (bicyclic) bond motifs is 1. The summed E-state index contributed by atoms with van der Waals surface area (Å²) in [6.07, 6.45) is -3.38. The molecule has 2 aromatic heterocycles. The number of benzene rings is 1. The standard InChI is InChI=1S/C14H9F4N3/c1-21-13-10(7-19-21)11(14(16,17)18)6-12(20-13)8-2-4-9(15)5-3-8/h2-7H,1H3. The van der Waals surface area contributed by atoms with E-state index in [0.29, 0.717) is 5.56 Å². The number of nitrogens with zero attached hydrogens (tertiary/aromatic N) is 3. The highest BCUT2D eigenvalue weighted by Gasteiger charge is 2.34. The van der Waals surface area contributed by atoms with Gasteiger partial charge in [-0.3, -0.25) is 4.68 Å². The third-order valence-corrected chi connectivity index (χ3v) is 3.15. The highest BCUT2D eigenvalue weighted by atomic mass is 19.4. The van der Waals surface area contributed by atoms with Gasteiger partial charge < -0.3 is 0 Å². The number of hydrogen-bond donors (Lipinski definition) is 0. The van der Waals surface area contributed by atoms with Crippen LogP contribution in [0.1, 0.15) is 5.56 Å². The number of pyridine rings is 1. The van der Waals surface area contributed by atoms with Crippen LogP contribution in [0.2, 0.25) is 0 Å². The molecule has 0 N–H and O–H groups in total. The number of hydrogen-bond acceptors (Lipinski definition) is 2. The molecular weight excluding hydrogens is 286 g/mol. The molecule has 0 unspecified atom stereocenters. The minimum atomic E-state index is -4.51. The van der Waals surface area contributed by atoms with Crippen LogP contribution >= 0.6 is 0 Å². The summed E-state index contributed by atoms with van der Waals surface area (Å²) in [6.45, 7) is 0. The average Bonchev–Trinajstić information content (AvgIpc) is 2.79. The molecule has 3 rings (SSSR count). The first-order chi connectivity index (χ1) is 9.86. The Morgan fingerprint density at radius 2 is 1.76 bits per heavy atom. The zero-order valence-electron chi connectivity index (χ0n) is 10.8. The summed E-state index contributed by atoms with van der Waals surface area (Å²) in [6, 6.07) is 6.09. The van der Waals surface area contributed by atoms with E-state index in [2.05, 4.69) is 10.1 Å². The molecule has 2 heterocycles. The fourth-order valence-corrected chi connectivity index (χ4v) is 2.12. The van der Waals surface area contributed by atoms with Gasteiger partial charge in [-0.1, -0.05) is 0 Å². The molecule has 0 radical (unpaired) electrons. The molecule has 0 aliphatic heterocycles. The maximum Gasteiger partial charge on any atom is 0.417 e. The first-order valence-corrected chi connectivity index (χ1v) is 6.02. The highest BCUT2D eigenvalue weighted by molar-refractivity contribution is 5.82. The van der Waals surface area contributed by atoms with Crippen LogP contribution in [-0.2, 0) is 13.2 Å². The molecule has 108 valence electrons. The fourth-order valence-electron chi connectivity index (χ4n) is 2.12. The number of halogens is 4. The van der Waals surface area contributed by atoms with E-state index in [-0.39, 0.29) is 16.7 Å². The van der Waals surface area contributed by atoms with Crippen LogP contribution < -0.4 is 0 Å². The Bertz CT molecular complexity index is 803. The third-order valence-electron chi connectivity index (χ3n) is 3.15. The van der Waals surface area contributed by atoms with Crippen molar-refractivity contribution in [3.8, 4) is 11.3 Å². The normalized spacial score (nSPS) is 12.0. The second-order valence-electron chi connectivity index (χ2n) is 4.57. The van der Waals surface area contributed by atoms with Gasteiger partial charge in [0.15, 0.2) is 5.65 Å². The Labute approximate surface area is 116 Å². The topological polar surface area (TPSA) is 30.7 Å². The summed E-state index contributed by atoms with van der Waals surface area (Å²) in [7, 11) is 1.52. The van der Waals surface area contributed by atoms with E-state index < -0.39 is 17.6 Å². The second kappa shape index (κ2) is 4.54. The predicted molar refractivity (Wildman–Crippen MR) is 68.9 cm³/mol. The lowest BCUT2D eigenvalue weighted by molar-refractivity contribution is -0.136. The number of rotatable bonds is 1. The van der Waals surface area contributed by atoms with Crippen molar-refractivity contribution in [3.63, 3.8) is 0 Å². The summed E-state index contributed by atoms with van der Waals surface area (Å²) in [4.78, 5) is 4.19. The molecule has 3 nitrogen and oxygen atoms in total. The van der Waals surface area contributed by atoms with Gasteiger partial charge >= 0.3 is 6.18 Å². The van der Waals surface area contributed by atoms with E-state index in [0.717, 1.165) is 12.3 Å². The molecule has 0 aliphatic carbocycles. The van der Waals surface area contributed by atoms with Gasteiger partial charge in [0.25, 0.3) is 0 Å². The van der Waals surface area contributed by atoms with Gasteiger partial charge in [-0.2, -0.15) is 18.3 Å². The molecule has 1 aromatic carbocycles. The van der Waals surface area contributed by atoms with Crippen LogP contribution in [0.5, 0.6) is 0 Å². The van der Waals surface area contributed by atoms with Crippen molar-refractivity contribution in [1.29, 1.82) is 0 Å². The average molecular weight is 295 g/mol. The van der Waals surface area contributed by atoms with Crippen LogP contribution in [0.4, 0.5) is 17.6 Å². The van der Waals surface area contributed by atoms with E-state index >= 15 is 0 Å². The molecule has 3 aromatic rings. The quantitative estimate of drug-likeness (QED) is 0.639. The molecule has 0 aliphatic rings. The van der Waals surface area contributed by atoms with E-state index in [4.69, 9.17) is 0 Å². The molecule has 21 heavy (non-hydrogen) atoms. The molecule has 0 saturated carbocycles. The van der Waals surface area contributed by atoms with Gasteiger partial charge in [-0.15, -0.1) is 0 Å². The Kier molecular flexibility index (Phi) is 2.93. The Balaban J connectivity index is 2.29. The van der Waals surface area contributed by atoms with Crippen molar-refractivity contribution in [1.82, 2.24) is 14.8 Å². The van der Waals surface area contributed by atoms with E-state index in [1.165, 1.54) is 36.0 Å². The minimum absolute atomic E-state index is 0.0594. The third kappa shape index (κ3) is 2.35. The zero-order valence-corrected chi connectivity index (χ0v) is 10.8. The van der Waals surface area contributed by atoms with Gasteiger partial charge in [0, 0.05) is 12.6 Å². The molecule has 0 spiro atoms. The maximum absolute atomic E-state index is 13.2. The van der Waals surface area contributed by atoms with Crippen LogP contribution in [0.15, 0.2) is 36.5 Å². The maximum atomic E-state index is 13.2. The molecule has 0 atom stereocenters.